The molecule has 33 heavy (non-hydrogen) atoms. The number of carbonyl (C=O) groups is 2. The molecule has 0 unspecified atom stereocenters. The predicted octanol–water partition coefficient (Wildman–Crippen LogP) is 3.98. The molecule has 0 saturated heterocycles. The van der Waals surface area contributed by atoms with Crippen molar-refractivity contribution >= 4 is 22.8 Å². The van der Waals surface area contributed by atoms with Gasteiger partial charge in [0.05, 0.1) is 11.0 Å². The Morgan fingerprint density at radius 1 is 0.939 bits per heavy atom. The second-order valence-corrected chi connectivity index (χ2v) is 8.16. The Labute approximate surface area is 193 Å². The monoisotopic (exact) mass is 440 g/mol. The summed E-state index contributed by atoms with van der Waals surface area (Å²) in [6, 6.07) is 25.3. The molecule has 0 aliphatic rings. The molecule has 0 spiro atoms. The Balaban J connectivity index is 1.47. The summed E-state index contributed by atoms with van der Waals surface area (Å²) in [6.45, 7) is 3.11. The molecule has 168 valence electrons. The van der Waals surface area contributed by atoms with Gasteiger partial charge in [0.2, 0.25) is 5.91 Å². The van der Waals surface area contributed by atoms with Gasteiger partial charge in [0.15, 0.2) is 0 Å². The van der Waals surface area contributed by atoms with E-state index in [0.717, 1.165) is 28.0 Å². The summed E-state index contributed by atoms with van der Waals surface area (Å²) in [5, 5.41) is 2.98. The minimum atomic E-state index is -0.102. The van der Waals surface area contributed by atoms with Crippen molar-refractivity contribution in [3.63, 3.8) is 0 Å². The summed E-state index contributed by atoms with van der Waals surface area (Å²) >= 11 is 0. The van der Waals surface area contributed by atoms with Crippen LogP contribution in [0.25, 0.3) is 11.0 Å². The van der Waals surface area contributed by atoms with Crippen molar-refractivity contribution in [2.45, 2.75) is 26.4 Å². The lowest BCUT2D eigenvalue weighted by Crippen LogP contribution is -2.31. The first-order chi connectivity index (χ1) is 16.0. The third kappa shape index (κ3) is 5.29. The van der Waals surface area contributed by atoms with E-state index in [-0.39, 0.29) is 18.4 Å². The van der Waals surface area contributed by atoms with Gasteiger partial charge in [0.1, 0.15) is 12.4 Å². The lowest BCUT2D eigenvalue weighted by molar-refractivity contribution is -0.131. The Bertz CT molecular complexity index is 1260. The first-order valence-corrected chi connectivity index (χ1v) is 11.1. The molecule has 0 radical (unpaired) electrons. The minimum absolute atomic E-state index is 0.00667. The number of para-hydroxylation sites is 2. The van der Waals surface area contributed by atoms with E-state index in [1.807, 2.05) is 97.4 Å². The van der Waals surface area contributed by atoms with Gasteiger partial charge in [-0.2, -0.15) is 0 Å². The molecular weight excluding hydrogens is 412 g/mol. The number of carbonyl (C=O) groups excluding carboxylic acids is 2. The number of imidazole rings is 1. The normalized spacial score (nSPS) is 10.8. The number of amides is 2. The fourth-order valence-electron chi connectivity index (χ4n) is 3.90. The van der Waals surface area contributed by atoms with Crippen LogP contribution in [-0.2, 0) is 24.3 Å². The number of aryl methyl sites for hydroxylation is 1. The second-order valence-electron chi connectivity index (χ2n) is 8.16. The van der Waals surface area contributed by atoms with Crippen molar-refractivity contribution in [3.8, 4) is 0 Å². The van der Waals surface area contributed by atoms with Crippen LogP contribution in [0.15, 0.2) is 78.9 Å². The van der Waals surface area contributed by atoms with Gasteiger partial charge in [-0.15, -0.1) is 0 Å². The maximum absolute atomic E-state index is 13.0. The zero-order chi connectivity index (χ0) is 23.2. The number of rotatable bonds is 8. The van der Waals surface area contributed by atoms with Gasteiger partial charge in [-0.3, -0.25) is 9.59 Å². The Kier molecular flexibility index (Phi) is 6.83. The lowest BCUT2D eigenvalue weighted by atomic mass is 10.1. The van der Waals surface area contributed by atoms with Crippen LogP contribution >= 0.6 is 0 Å². The number of nitrogens with zero attached hydrogens (tertiary/aromatic N) is 3. The first-order valence-electron chi connectivity index (χ1n) is 11.1. The minimum Gasteiger partial charge on any atom is -0.352 e. The average Bonchev–Trinajstić information content (AvgIpc) is 3.17. The third-order valence-electron chi connectivity index (χ3n) is 5.74. The van der Waals surface area contributed by atoms with Crippen molar-refractivity contribution in [2.24, 2.45) is 0 Å². The highest BCUT2D eigenvalue weighted by molar-refractivity contribution is 5.95. The molecule has 1 heterocycles. The maximum atomic E-state index is 13.0. The molecule has 0 fully saturated rings. The van der Waals surface area contributed by atoms with E-state index in [1.165, 1.54) is 0 Å². The molecule has 0 aliphatic carbocycles. The Hall–Kier alpha value is -3.93. The van der Waals surface area contributed by atoms with E-state index in [2.05, 4.69) is 5.32 Å². The largest absolute Gasteiger partial charge is 0.352 e. The van der Waals surface area contributed by atoms with Crippen LogP contribution in [0.3, 0.4) is 0 Å². The third-order valence-corrected chi connectivity index (χ3v) is 5.74. The van der Waals surface area contributed by atoms with Gasteiger partial charge in [-0.25, -0.2) is 4.98 Å². The molecule has 1 N–H and O–H groups in total. The molecule has 0 atom stereocenters. The number of aromatic nitrogens is 2. The number of hydrogen-bond acceptors (Lipinski definition) is 3. The summed E-state index contributed by atoms with van der Waals surface area (Å²) in [7, 11) is 1.82. The van der Waals surface area contributed by atoms with Gasteiger partial charge in [-0.1, -0.05) is 60.7 Å². The quantitative estimate of drug-likeness (QED) is 0.451. The number of benzene rings is 3. The standard InChI is InChI=1S/C27H28N4O2/c1-20-10-6-7-13-22(20)27(33)28-17-16-25-29-23-14-8-9-15-24(23)31(25)19-26(32)30(2)18-21-11-4-3-5-12-21/h3-15H,16-19H2,1-2H3,(H,28,33). The molecular formula is C27H28N4O2. The van der Waals surface area contributed by atoms with E-state index in [0.29, 0.717) is 25.1 Å². The van der Waals surface area contributed by atoms with E-state index in [1.54, 1.807) is 4.90 Å². The highest BCUT2D eigenvalue weighted by atomic mass is 16.2. The molecule has 4 rings (SSSR count). The summed E-state index contributed by atoms with van der Waals surface area (Å²) in [6.07, 6.45) is 0.530. The van der Waals surface area contributed by atoms with Gasteiger partial charge < -0.3 is 14.8 Å². The topological polar surface area (TPSA) is 67.2 Å². The zero-order valence-electron chi connectivity index (χ0n) is 19.0. The fraction of sp³-hybridized carbons (Fsp3) is 0.222. The molecule has 1 aromatic heterocycles. The maximum Gasteiger partial charge on any atom is 0.251 e. The van der Waals surface area contributed by atoms with E-state index >= 15 is 0 Å². The summed E-state index contributed by atoms with van der Waals surface area (Å²) in [4.78, 5) is 32.0. The first kappa shape index (κ1) is 22.3. The SMILES string of the molecule is Cc1ccccc1C(=O)NCCc1nc2ccccc2n1CC(=O)N(C)Cc1ccccc1. The zero-order valence-corrected chi connectivity index (χ0v) is 19.0. The van der Waals surface area contributed by atoms with Crippen LogP contribution in [0.1, 0.15) is 27.3 Å². The molecule has 6 nitrogen and oxygen atoms in total. The Morgan fingerprint density at radius 3 is 2.42 bits per heavy atom. The summed E-state index contributed by atoms with van der Waals surface area (Å²) in [5.41, 5.74) is 4.46. The van der Waals surface area contributed by atoms with Gasteiger partial charge in [-0.05, 0) is 36.2 Å². The predicted molar refractivity (Wildman–Crippen MR) is 130 cm³/mol. The number of fused-ring (bicyclic) bond motifs is 1. The average molecular weight is 441 g/mol. The van der Waals surface area contributed by atoms with Crippen molar-refractivity contribution in [2.75, 3.05) is 13.6 Å². The smallest absolute Gasteiger partial charge is 0.251 e. The van der Waals surface area contributed by atoms with Crippen LogP contribution in [0.4, 0.5) is 0 Å². The second kappa shape index (κ2) is 10.1. The van der Waals surface area contributed by atoms with Crippen molar-refractivity contribution in [3.05, 3.63) is 101 Å². The van der Waals surface area contributed by atoms with E-state index < -0.39 is 0 Å². The lowest BCUT2D eigenvalue weighted by Gasteiger charge is -2.19. The number of nitrogens with one attached hydrogen (secondary N) is 1. The van der Waals surface area contributed by atoms with Crippen molar-refractivity contribution in [1.82, 2.24) is 19.8 Å². The fourth-order valence-corrected chi connectivity index (χ4v) is 3.90. The van der Waals surface area contributed by atoms with Crippen LogP contribution in [0.5, 0.6) is 0 Å². The van der Waals surface area contributed by atoms with Gasteiger partial charge in [0, 0.05) is 32.1 Å². The highest BCUT2D eigenvalue weighted by Crippen LogP contribution is 2.17. The van der Waals surface area contributed by atoms with Crippen LogP contribution in [0, 0.1) is 6.92 Å². The van der Waals surface area contributed by atoms with Crippen LogP contribution in [0.2, 0.25) is 0 Å². The molecule has 4 aromatic rings. The molecule has 0 aliphatic heterocycles. The molecule has 3 aromatic carbocycles. The molecule has 0 saturated carbocycles. The summed E-state index contributed by atoms with van der Waals surface area (Å²) in [5.74, 6) is 0.685. The molecule has 0 bridgehead atoms. The van der Waals surface area contributed by atoms with Crippen LogP contribution < -0.4 is 5.32 Å². The van der Waals surface area contributed by atoms with Crippen molar-refractivity contribution in [1.29, 1.82) is 0 Å². The van der Waals surface area contributed by atoms with Gasteiger partial charge in [0.25, 0.3) is 5.91 Å². The van der Waals surface area contributed by atoms with Crippen LogP contribution in [-0.4, -0.2) is 39.9 Å². The highest BCUT2D eigenvalue weighted by Gasteiger charge is 2.17. The number of hydrogen-bond donors (Lipinski definition) is 1. The molecule has 2 amide bonds. The van der Waals surface area contributed by atoms with E-state index in [9.17, 15) is 9.59 Å². The van der Waals surface area contributed by atoms with Gasteiger partial charge >= 0.3 is 0 Å². The molecule has 6 heteroatoms. The Morgan fingerprint density at radius 2 is 1.64 bits per heavy atom. The van der Waals surface area contributed by atoms with Crippen molar-refractivity contribution < 1.29 is 9.59 Å². The van der Waals surface area contributed by atoms with E-state index in [4.69, 9.17) is 4.98 Å². The number of likely N-dealkylation sites (N-methyl/N-ethyl adjacent to an activating group) is 1. The summed E-state index contributed by atoms with van der Waals surface area (Å²) < 4.78 is 1.96.